The lowest BCUT2D eigenvalue weighted by molar-refractivity contribution is -0.117. The molecule has 1 aromatic heterocycles. The molecule has 2 aromatic rings. The van der Waals surface area contributed by atoms with E-state index in [0.717, 1.165) is 68.3 Å². The molecule has 2 aliphatic heterocycles. The van der Waals surface area contributed by atoms with Crippen molar-refractivity contribution >= 4 is 23.3 Å². The Kier molecular flexibility index (Phi) is 6.27. The van der Waals surface area contributed by atoms with Gasteiger partial charge in [-0.1, -0.05) is 13.0 Å². The van der Waals surface area contributed by atoms with Crippen LogP contribution in [0.3, 0.4) is 0 Å². The van der Waals surface area contributed by atoms with Crippen LogP contribution < -0.4 is 21.3 Å². The number of pyridine rings is 1. The fraction of sp³-hybridized carbons (Fsp3) is 0.500. The molecule has 4 N–H and O–H groups in total. The molecule has 5 rings (SSSR count). The van der Waals surface area contributed by atoms with Crippen molar-refractivity contribution in [3.8, 4) is 0 Å². The quantitative estimate of drug-likeness (QED) is 0.610. The summed E-state index contributed by atoms with van der Waals surface area (Å²) in [5.41, 5.74) is 8.87. The van der Waals surface area contributed by atoms with Crippen LogP contribution in [0.15, 0.2) is 36.4 Å². The summed E-state index contributed by atoms with van der Waals surface area (Å²) in [7, 11) is 0. The van der Waals surface area contributed by atoms with Gasteiger partial charge in [0.2, 0.25) is 11.8 Å². The fourth-order valence-corrected chi connectivity index (χ4v) is 5.62. The Morgan fingerprint density at radius 1 is 1.18 bits per heavy atom. The normalized spacial score (nSPS) is 25.0. The van der Waals surface area contributed by atoms with Crippen LogP contribution >= 0.6 is 0 Å². The van der Waals surface area contributed by atoms with Crippen LogP contribution in [0.5, 0.6) is 0 Å². The maximum atomic E-state index is 12.8. The summed E-state index contributed by atoms with van der Waals surface area (Å²) in [5, 5.41) is 7.06. The van der Waals surface area contributed by atoms with Crippen molar-refractivity contribution in [1.82, 2.24) is 15.2 Å². The van der Waals surface area contributed by atoms with Crippen LogP contribution in [-0.4, -0.2) is 53.9 Å². The summed E-state index contributed by atoms with van der Waals surface area (Å²) in [6.45, 7) is 8.70. The Morgan fingerprint density at radius 2 is 1.94 bits per heavy atom. The van der Waals surface area contributed by atoms with Gasteiger partial charge in [0.05, 0.1) is 11.7 Å². The lowest BCUT2D eigenvalue weighted by Gasteiger charge is -2.46. The van der Waals surface area contributed by atoms with E-state index in [2.05, 4.69) is 28.5 Å². The van der Waals surface area contributed by atoms with E-state index in [9.17, 15) is 9.59 Å². The second kappa shape index (κ2) is 9.35. The zero-order valence-corrected chi connectivity index (χ0v) is 20.0. The number of rotatable bonds is 6. The van der Waals surface area contributed by atoms with Gasteiger partial charge in [-0.3, -0.25) is 14.5 Å². The molecule has 1 aliphatic carbocycles. The van der Waals surface area contributed by atoms with E-state index >= 15 is 0 Å². The third kappa shape index (κ3) is 4.52. The highest BCUT2D eigenvalue weighted by atomic mass is 16.2. The number of aromatic nitrogens is 1. The maximum absolute atomic E-state index is 12.8. The SMILES string of the molecule is CC(=O)N1c2ccc(C(N)=O)cc2[C@H](Nc2cccc(CN3CCNCC3)n2)[C@@H](C)[C@@H]1C1CC1. The third-order valence-electron chi connectivity index (χ3n) is 7.42. The Morgan fingerprint density at radius 3 is 2.62 bits per heavy atom. The Bertz CT molecular complexity index is 1080. The molecule has 2 amide bonds. The van der Waals surface area contributed by atoms with E-state index in [1.165, 1.54) is 0 Å². The minimum Gasteiger partial charge on any atom is -0.366 e. The summed E-state index contributed by atoms with van der Waals surface area (Å²) < 4.78 is 0. The van der Waals surface area contributed by atoms with Crippen molar-refractivity contribution in [2.45, 2.75) is 45.3 Å². The number of nitrogens with one attached hydrogen (secondary N) is 2. The monoisotopic (exact) mass is 462 g/mol. The number of hydrogen-bond acceptors (Lipinski definition) is 6. The molecule has 3 aliphatic rings. The second-order valence-corrected chi connectivity index (χ2v) is 9.88. The number of amides is 2. The van der Waals surface area contributed by atoms with Gasteiger partial charge in [-0.25, -0.2) is 4.98 Å². The van der Waals surface area contributed by atoms with Crippen LogP contribution in [-0.2, 0) is 11.3 Å². The molecule has 3 heterocycles. The Labute approximate surface area is 200 Å². The number of hydrogen-bond donors (Lipinski definition) is 3. The van der Waals surface area contributed by atoms with Crippen molar-refractivity contribution in [2.75, 3.05) is 36.4 Å². The Balaban J connectivity index is 1.48. The Hall–Kier alpha value is -2.97. The lowest BCUT2D eigenvalue weighted by Crippen LogP contribution is -2.51. The molecular formula is C26H34N6O2. The van der Waals surface area contributed by atoms with E-state index in [-0.39, 0.29) is 23.9 Å². The minimum absolute atomic E-state index is 0.0337. The fourth-order valence-electron chi connectivity index (χ4n) is 5.62. The van der Waals surface area contributed by atoms with E-state index in [0.29, 0.717) is 11.5 Å². The molecule has 3 atom stereocenters. The third-order valence-corrected chi connectivity index (χ3v) is 7.42. The lowest BCUT2D eigenvalue weighted by atomic mass is 9.79. The van der Waals surface area contributed by atoms with Gasteiger partial charge < -0.3 is 21.3 Å². The number of carbonyl (C=O) groups is 2. The van der Waals surface area contributed by atoms with E-state index in [1.807, 2.05) is 29.2 Å². The van der Waals surface area contributed by atoms with E-state index in [1.54, 1.807) is 13.0 Å². The van der Waals surface area contributed by atoms with E-state index in [4.69, 9.17) is 10.7 Å². The number of anilines is 2. The molecular weight excluding hydrogens is 428 g/mol. The number of carbonyl (C=O) groups excluding carboxylic acids is 2. The van der Waals surface area contributed by atoms with Crippen molar-refractivity contribution in [3.05, 3.63) is 53.2 Å². The molecule has 0 radical (unpaired) electrons. The van der Waals surface area contributed by atoms with E-state index < -0.39 is 5.91 Å². The molecule has 0 spiro atoms. The summed E-state index contributed by atoms with van der Waals surface area (Å²) in [4.78, 5) is 34.0. The van der Waals surface area contributed by atoms with Gasteiger partial charge in [-0.15, -0.1) is 0 Å². The van der Waals surface area contributed by atoms with Crippen molar-refractivity contribution in [3.63, 3.8) is 0 Å². The molecule has 2 fully saturated rings. The molecule has 8 nitrogen and oxygen atoms in total. The number of piperazine rings is 1. The smallest absolute Gasteiger partial charge is 0.248 e. The predicted octanol–water partition coefficient (Wildman–Crippen LogP) is 2.52. The molecule has 180 valence electrons. The molecule has 0 unspecified atom stereocenters. The molecule has 8 heteroatoms. The first-order valence-corrected chi connectivity index (χ1v) is 12.3. The van der Waals surface area contributed by atoms with Crippen LogP contribution in [0.4, 0.5) is 11.5 Å². The van der Waals surface area contributed by atoms with Gasteiger partial charge in [0.1, 0.15) is 5.82 Å². The molecule has 0 bridgehead atoms. The number of benzene rings is 1. The van der Waals surface area contributed by atoms with Gasteiger partial charge in [-0.05, 0) is 54.7 Å². The van der Waals surface area contributed by atoms with Gasteiger partial charge in [-0.2, -0.15) is 0 Å². The highest BCUT2D eigenvalue weighted by Gasteiger charge is 2.47. The topological polar surface area (TPSA) is 104 Å². The largest absolute Gasteiger partial charge is 0.366 e. The zero-order chi connectivity index (χ0) is 23.8. The summed E-state index contributed by atoms with van der Waals surface area (Å²) in [6, 6.07) is 11.6. The standard InChI is InChI=1S/C26H34N6O2/c1-16-24(30-23-5-3-4-20(29-23)15-31-12-10-28-11-13-31)21-14-19(26(27)34)8-9-22(21)32(17(2)33)25(16)18-6-7-18/h3-5,8-9,14,16,18,24-25,28H,6-7,10-13,15H2,1-2H3,(H2,27,34)(H,29,30)/t16-,24-,25-/m1/s1. The molecule has 1 saturated carbocycles. The average Bonchev–Trinajstić information content (AvgIpc) is 3.66. The number of nitrogens with zero attached hydrogens (tertiary/aromatic N) is 3. The van der Waals surface area contributed by atoms with Crippen LogP contribution in [0.25, 0.3) is 0 Å². The number of nitrogens with two attached hydrogens (primary N) is 1. The van der Waals surface area contributed by atoms with Crippen molar-refractivity contribution in [1.29, 1.82) is 0 Å². The first kappa shape index (κ1) is 22.8. The van der Waals surface area contributed by atoms with Crippen molar-refractivity contribution in [2.24, 2.45) is 17.6 Å². The van der Waals surface area contributed by atoms with Gasteiger partial charge in [0, 0.05) is 62.9 Å². The van der Waals surface area contributed by atoms with Gasteiger partial charge in [0.15, 0.2) is 0 Å². The first-order valence-electron chi connectivity index (χ1n) is 12.3. The first-order chi connectivity index (χ1) is 16.4. The summed E-state index contributed by atoms with van der Waals surface area (Å²) in [6.07, 6.45) is 2.28. The summed E-state index contributed by atoms with van der Waals surface area (Å²) in [5.74, 6) is 1.02. The molecule has 34 heavy (non-hydrogen) atoms. The maximum Gasteiger partial charge on any atom is 0.248 e. The van der Waals surface area contributed by atoms with Crippen LogP contribution in [0.1, 0.15) is 54.3 Å². The number of primary amides is 1. The zero-order valence-electron chi connectivity index (χ0n) is 20.0. The second-order valence-electron chi connectivity index (χ2n) is 9.88. The highest BCUT2D eigenvalue weighted by Crippen LogP contribution is 2.50. The van der Waals surface area contributed by atoms with Crippen LogP contribution in [0, 0.1) is 11.8 Å². The highest BCUT2D eigenvalue weighted by molar-refractivity contribution is 5.97. The van der Waals surface area contributed by atoms with Crippen LogP contribution in [0.2, 0.25) is 0 Å². The van der Waals surface area contributed by atoms with Gasteiger partial charge in [0.25, 0.3) is 0 Å². The molecule has 1 aromatic carbocycles. The molecule has 1 saturated heterocycles. The average molecular weight is 463 g/mol. The summed E-state index contributed by atoms with van der Waals surface area (Å²) >= 11 is 0. The predicted molar refractivity (Wildman–Crippen MR) is 133 cm³/mol. The minimum atomic E-state index is -0.468. The number of fused-ring (bicyclic) bond motifs is 1. The van der Waals surface area contributed by atoms with Gasteiger partial charge >= 0.3 is 0 Å². The van der Waals surface area contributed by atoms with Crippen molar-refractivity contribution < 1.29 is 9.59 Å².